The predicted molar refractivity (Wildman–Crippen MR) is 106 cm³/mol. The number of nitrogens with zero attached hydrogens (tertiary/aromatic N) is 6. The van der Waals surface area contributed by atoms with Crippen LogP contribution < -0.4 is 9.80 Å². The average molecular weight is 397 g/mol. The van der Waals surface area contributed by atoms with E-state index in [0.717, 1.165) is 42.0 Å². The molecular formula is C19H23N7O3. The zero-order valence-corrected chi connectivity index (χ0v) is 15.9. The molecule has 4 aliphatic heterocycles. The maximum atomic E-state index is 9.91. The third-order valence-electron chi connectivity index (χ3n) is 6.04. The first kappa shape index (κ1) is 17.2. The third kappa shape index (κ3) is 2.78. The van der Waals surface area contributed by atoms with Gasteiger partial charge in [0.2, 0.25) is 0 Å². The van der Waals surface area contributed by atoms with Gasteiger partial charge in [-0.3, -0.25) is 5.10 Å². The van der Waals surface area contributed by atoms with Crippen molar-refractivity contribution in [2.24, 2.45) is 0 Å². The smallest absolute Gasteiger partial charge is 0.177 e. The summed E-state index contributed by atoms with van der Waals surface area (Å²) in [6, 6.07) is 3.90. The second-order valence-corrected chi connectivity index (χ2v) is 7.85. The molecule has 3 atom stereocenters. The number of ether oxygens (including phenoxy) is 2. The van der Waals surface area contributed by atoms with E-state index >= 15 is 0 Å². The Morgan fingerprint density at radius 3 is 2.86 bits per heavy atom. The van der Waals surface area contributed by atoms with Crippen LogP contribution in [-0.4, -0.2) is 87.8 Å². The number of aliphatic hydroxyl groups is 1. The minimum atomic E-state index is -0.0889. The van der Waals surface area contributed by atoms with Gasteiger partial charge >= 0.3 is 0 Å². The van der Waals surface area contributed by atoms with Gasteiger partial charge in [-0.05, 0) is 0 Å². The van der Waals surface area contributed by atoms with Crippen LogP contribution in [0.4, 0.5) is 11.5 Å². The van der Waals surface area contributed by atoms with Crippen LogP contribution in [0.1, 0.15) is 6.42 Å². The zero-order valence-electron chi connectivity index (χ0n) is 15.9. The fourth-order valence-electron chi connectivity index (χ4n) is 4.57. The van der Waals surface area contributed by atoms with E-state index in [2.05, 4.69) is 31.2 Å². The third-order valence-corrected chi connectivity index (χ3v) is 6.04. The molecule has 4 saturated heterocycles. The predicted octanol–water partition coefficient (Wildman–Crippen LogP) is 0.319. The summed E-state index contributed by atoms with van der Waals surface area (Å²) in [5.41, 5.74) is 1.78. The molecule has 2 bridgehead atoms. The molecule has 0 aromatic carbocycles. The van der Waals surface area contributed by atoms with Crippen molar-refractivity contribution < 1.29 is 14.6 Å². The highest BCUT2D eigenvalue weighted by Crippen LogP contribution is 2.36. The summed E-state index contributed by atoms with van der Waals surface area (Å²) in [4.78, 5) is 9.48. The molecule has 10 nitrogen and oxygen atoms in total. The van der Waals surface area contributed by atoms with Crippen LogP contribution >= 0.6 is 0 Å². The molecule has 7 heterocycles. The maximum absolute atomic E-state index is 9.91. The van der Waals surface area contributed by atoms with E-state index in [9.17, 15) is 5.11 Å². The number of aromatic amines is 1. The normalized spacial score (nSPS) is 26.7. The summed E-state index contributed by atoms with van der Waals surface area (Å²) < 4.78 is 13.1. The number of anilines is 2. The van der Waals surface area contributed by atoms with Crippen LogP contribution in [0.15, 0.2) is 24.5 Å². The summed E-state index contributed by atoms with van der Waals surface area (Å²) >= 11 is 0. The number of morpholine rings is 2. The van der Waals surface area contributed by atoms with E-state index in [1.165, 1.54) is 0 Å². The Kier molecular flexibility index (Phi) is 3.96. The molecule has 0 radical (unpaired) electrons. The standard InChI is InChI=1S/C19H23N7O3/c27-10-12-11-28-4-3-25(12)16-6-18(24-8-13-5-14(9-24)29-13)22-19-15(16)7-21-26(19)17-1-2-20-23-17/h1-2,6-7,12-14,27H,3-5,8-11H2,(H,20,23). The molecule has 0 aliphatic carbocycles. The monoisotopic (exact) mass is 397 g/mol. The van der Waals surface area contributed by atoms with Crippen molar-refractivity contribution in [1.82, 2.24) is 25.0 Å². The van der Waals surface area contributed by atoms with Crippen molar-refractivity contribution in [3.63, 3.8) is 0 Å². The van der Waals surface area contributed by atoms with Crippen molar-refractivity contribution in [3.05, 3.63) is 24.5 Å². The largest absolute Gasteiger partial charge is 0.394 e. The summed E-state index contributed by atoms with van der Waals surface area (Å²) in [6.07, 6.45) is 5.32. The molecule has 3 aromatic heterocycles. The van der Waals surface area contributed by atoms with Crippen molar-refractivity contribution in [2.75, 3.05) is 49.3 Å². The number of aromatic nitrogens is 5. The molecule has 7 rings (SSSR count). The Labute approximate surface area is 167 Å². The molecule has 10 heteroatoms. The quantitative estimate of drug-likeness (QED) is 0.649. The van der Waals surface area contributed by atoms with Gasteiger partial charge in [0.05, 0.1) is 55.3 Å². The molecule has 4 aliphatic rings. The van der Waals surface area contributed by atoms with Crippen molar-refractivity contribution in [3.8, 4) is 5.82 Å². The van der Waals surface area contributed by atoms with Gasteiger partial charge in [-0.2, -0.15) is 14.9 Å². The Morgan fingerprint density at radius 1 is 1.24 bits per heavy atom. The van der Waals surface area contributed by atoms with Gasteiger partial charge in [0.15, 0.2) is 11.5 Å². The van der Waals surface area contributed by atoms with Gasteiger partial charge in [-0.25, -0.2) is 4.98 Å². The van der Waals surface area contributed by atoms with Gasteiger partial charge in [0, 0.05) is 44.4 Å². The molecule has 4 fully saturated rings. The van der Waals surface area contributed by atoms with E-state index in [1.54, 1.807) is 10.9 Å². The molecule has 0 amide bonds. The lowest BCUT2D eigenvalue weighted by molar-refractivity contribution is -0.133. The Hall–Kier alpha value is -2.69. The SMILES string of the molecule is OCC1COCCN1c1cc(N2CC3CC(C2)O3)nc2c1cnn2-c1cc[nH]n1. The Balaban J connectivity index is 1.50. The van der Waals surface area contributed by atoms with Crippen LogP contribution in [0.3, 0.4) is 0 Å². The average Bonchev–Trinajstić information content (AvgIpc) is 3.42. The summed E-state index contributed by atoms with van der Waals surface area (Å²) in [6.45, 7) is 3.57. The minimum absolute atomic E-state index is 0.0361. The molecule has 152 valence electrons. The Morgan fingerprint density at radius 2 is 2.10 bits per heavy atom. The second-order valence-electron chi connectivity index (χ2n) is 7.85. The lowest BCUT2D eigenvalue weighted by Gasteiger charge is -2.47. The minimum Gasteiger partial charge on any atom is -0.394 e. The van der Waals surface area contributed by atoms with Crippen molar-refractivity contribution in [2.45, 2.75) is 24.7 Å². The Bertz CT molecular complexity index is 1000. The van der Waals surface area contributed by atoms with Crippen LogP contribution in [0.5, 0.6) is 0 Å². The molecule has 0 spiro atoms. The first-order valence-electron chi connectivity index (χ1n) is 10.0. The van der Waals surface area contributed by atoms with E-state index in [0.29, 0.717) is 37.8 Å². The highest BCUT2D eigenvalue weighted by Gasteiger charge is 2.39. The van der Waals surface area contributed by atoms with Gasteiger partial charge in [0.1, 0.15) is 5.82 Å². The molecule has 3 unspecified atom stereocenters. The first-order chi connectivity index (χ1) is 14.3. The number of H-pyrrole nitrogens is 1. The van der Waals surface area contributed by atoms with Crippen LogP contribution in [-0.2, 0) is 9.47 Å². The number of rotatable bonds is 4. The van der Waals surface area contributed by atoms with E-state index in [1.807, 2.05) is 12.3 Å². The highest BCUT2D eigenvalue weighted by molar-refractivity contribution is 5.92. The fourth-order valence-corrected chi connectivity index (χ4v) is 4.57. The second kappa shape index (κ2) is 6.68. The van der Waals surface area contributed by atoms with Crippen LogP contribution in [0.2, 0.25) is 0 Å². The van der Waals surface area contributed by atoms with Gasteiger partial charge in [-0.1, -0.05) is 0 Å². The van der Waals surface area contributed by atoms with Crippen molar-refractivity contribution in [1.29, 1.82) is 0 Å². The number of nitrogens with one attached hydrogen (secondary N) is 1. The van der Waals surface area contributed by atoms with E-state index < -0.39 is 0 Å². The number of pyridine rings is 1. The number of fused-ring (bicyclic) bond motifs is 3. The number of piperidine rings is 1. The number of hydrogen-bond donors (Lipinski definition) is 2. The lowest BCUT2D eigenvalue weighted by Crippen LogP contribution is -2.57. The summed E-state index contributed by atoms with van der Waals surface area (Å²) in [7, 11) is 0. The number of hydrogen-bond acceptors (Lipinski definition) is 8. The van der Waals surface area contributed by atoms with Crippen molar-refractivity contribution >= 4 is 22.5 Å². The van der Waals surface area contributed by atoms with Crippen LogP contribution in [0, 0.1) is 0 Å². The number of aliphatic hydroxyl groups excluding tert-OH is 1. The van der Waals surface area contributed by atoms with E-state index in [4.69, 9.17) is 14.5 Å². The topological polar surface area (TPSA) is 105 Å². The zero-order chi connectivity index (χ0) is 19.4. The molecule has 0 saturated carbocycles. The summed E-state index contributed by atoms with van der Waals surface area (Å²) in [5.74, 6) is 1.60. The summed E-state index contributed by atoms with van der Waals surface area (Å²) in [5, 5.41) is 22.5. The molecule has 29 heavy (non-hydrogen) atoms. The first-order valence-corrected chi connectivity index (χ1v) is 10.0. The van der Waals surface area contributed by atoms with Gasteiger partial charge < -0.3 is 24.4 Å². The maximum Gasteiger partial charge on any atom is 0.177 e. The van der Waals surface area contributed by atoms with Gasteiger partial charge in [0.25, 0.3) is 0 Å². The molecule has 3 aromatic rings. The van der Waals surface area contributed by atoms with Crippen LogP contribution in [0.25, 0.3) is 16.9 Å². The molecule has 2 N–H and O–H groups in total. The lowest BCUT2D eigenvalue weighted by atomic mass is 9.99. The van der Waals surface area contributed by atoms with Gasteiger partial charge in [-0.15, -0.1) is 0 Å². The molecular weight excluding hydrogens is 374 g/mol. The fraction of sp³-hybridized carbons (Fsp3) is 0.526. The highest BCUT2D eigenvalue weighted by atomic mass is 16.5. The van der Waals surface area contributed by atoms with E-state index in [-0.39, 0.29) is 12.6 Å².